The van der Waals surface area contributed by atoms with E-state index in [4.69, 9.17) is 4.74 Å². The molecule has 0 radical (unpaired) electrons. The molecule has 4 rings (SSSR count). The van der Waals surface area contributed by atoms with Gasteiger partial charge in [-0.25, -0.2) is 9.37 Å². The maximum atomic E-state index is 15.5. The van der Waals surface area contributed by atoms with Crippen molar-refractivity contribution in [2.45, 2.75) is 57.5 Å². The Hall–Kier alpha value is -3.00. The summed E-state index contributed by atoms with van der Waals surface area (Å²) in [5.41, 5.74) is 1.41. The molecule has 7 nitrogen and oxygen atoms in total. The third-order valence-electron chi connectivity index (χ3n) is 7.86. The van der Waals surface area contributed by atoms with E-state index in [2.05, 4.69) is 19.4 Å². The average molecular weight is 511 g/mol. The Morgan fingerprint density at radius 3 is 2.81 bits per heavy atom. The van der Waals surface area contributed by atoms with Crippen LogP contribution in [-0.4, -0.2) is 57.3 Å². The predicted octanol–water partition coefficient (Wildman–Crippen LogP) is 5.59. The smallest absolute Gasteiger partial charge is 0.303 e. The van der Waals surface area contributed by atoms with Gasteiger partial charge in [0.2, 0.25) is 0 Å². The van der Waals surface area contributed by atoms with E-state index in [0.717, 1.165) is 68.5 Å². The molecule has 1 fully saturated rings. The molecule has 1 N–H and O–H groups in total. The number of carboxylic acid groups (broad SMARTS) is 1. The first-order valence-electron chi connectivity index (χ1n) is 13.4. The molecule has 3 atom stereocenters. The summed E-state index contributed by atoms with van der Waals surface area (Å²) in [5, 5.41) is 10.1. The zero-order valence-corrected chi connectivity index (χ0v) is 22.0. The molecule has 3 heterocycles. The zero-order valence-electron chi connectivity index (χ0n) is 22.0. The number of carbonyl (C=O) groups is 1. The number of hydrogen-bond acceptors (Lipinski definition) is 5. The fourth-order valence-corrected chi connectivity index (χ4v) is 5.69. The highest BCUT2D eigenvalue weighted by atomic mass is 19.1. The number of nitrogens with zero attached hydrogens (tertiary/aromatic N) is 4. The summed E-state index contributed by atoms with van der Waals surface area (Å²) in [6.45, 7) is 2.90. The van der Waals surface area contributed by atoms with Gasteiger partial charge in [0.25, 0.3) is 0 Å². The minimum Gasteiger partial charge on any atom is -0.497 e. The molecule has 1 saturated heterocycles. The molecule has 0 bridgehead atoms. The molecule has 0 amide bonds. The number of aliphatic carboxylic acids is 1. The number of aryl methyl sites for hydroxylation is 2. The number of piperidine rings is 1. The fourth-order valence-electron chi connectivity index (χ4n) is 5.69. The van der Waals surface area contributed by atoms with Gasteiger partial charge in [0.15, 0.2) is 0 Å². The maximum absolute atomic E-state index is 15.5. The van der Waals surface area contributed by atoms with Crippen LogP contribution in [0.3, 0.4) is 0 Å². The fraction of sp³-hybridized carbons (Fsp3) is 0.552. The van der Waals surface area contributed by atoms with Gasteiger partial charge in [-0.1, -0.05) is 0 Å². The highest BCUT2D eigenvalue weighted by Crippen LogP contribution is 2.36. The largest absolute Gasteiger partial charge is 0.497 e. The summed E-state index contributed by atoms with van der Waals surface area (Å²) in [6, 6.07) is 7.32. The van der Waals surface area contributed by atoms with Crippen molar-refractivity contribution in [1.82, 2.24) is 19.4 Å². The van der Waals surface area contributed by atoms with E-state index >= 15 is 4.39 Å². The summed E-state index contributed by atoms with van der Waals surface area (Å²) < 4.78 is 22.9. The van der Waals surface area contributed by atoms with Crippen molar-refractivity contribution in [3.63, 3.8) is 0 Å². The maximum Gasteiger partial charge on any atom is 0.303 e. The molecular weight excluding hydrogens is 471 g/mol. The van der Waals surface area contributed by atoms with Crippen molar-refractivity contribution in [3.05, 3.63) is 54.2 Å². The average Bonchev–Trinajstić information content (AvgIpc) is 3.32. The van der Waals surface area contributed by atoms with Crippen molar-refractivity contribution in [2.75, 3.05) is 26.7 Å². The van der Waals surface area contributed by atoms with E-state index in [1.807, 2.05) is 37.6 Å². The topological polar surface area (TPSA) is 80.5 Å². The molecule has 8 heteroatoms. The Kier molecular flexibility index (Phi) is 9.50. The highest BCUT2D eigenvalue weighted by Gasteiger charge is 2.30. The third-order valence-corrected chi connectivity index (χ3v) is 7.86. The number of pyridine rings is 1. The Morgan fingerprint density at radius 1 is 1.19 bits per heavy atom. The number of halogens is 1. The Morgan fingerprint density at radius 2 is 2.05 bits per heavy atom. The van der Waals surface area contributed by atoms with Gasteiger partial charge >= 0.3 is 5.97 Å². The Bertz CT molecular complexity index is 1170. The summed E-state index contributed by atoms with van der Waals surface area (Å²) in [4.78, 5) is 22.6. The minimum atomic E-state index is -1.10. The van der Waals surface area contributed by atoms with Crippen LogP contribution in [0.5, 0.6) is 5.75 Å². The van der Waals surface area contributed by atoms with Crippen LogP contribution < -0.4 is 4.74 Å². The van der Waals surface area contributed by atoms with Crippen LogP contribution in [-0.2, 0) is 18.3 Å². The second kappa shape index (κ2) is 13.0. The summed E-state index contributed by atoms with van der Waals surface area (Å²) in [7, 11) is 3.63. The van der Waals surface area contributed by atoms with Gasteiger partial charge in [-0.15, -0.1) is 0 Å². The molecular formula is C29H39FN4O3. The van der Waals surface area contributed by atoms with Gasteiger partial charge in [-0.3, -0.25) is 9.78 Å². The molecule has 3 aromatic rings. The third kappa shape index (κ3) is 7.28. The molecule has 0 unspecified atom stereocenters. The van der Waals surface area contributed by atoms with E-state index in [9.17, 15) is 9.90 Å². The number of imidazole rings is 1. The van der Waals surface area contributed by atoms with Crippen LogP contribution in [0.15, 0.2) is 42.9 Å². The van der Waals surface area contributed by atoms with Crippen LogP contribution in [0.25, 0.3) is 10.9 Å². The molecule has 2 aromatic heterocycles. The second-order valence-corrected chi connectivity index (χ2v) is 10.3. The van der Waals surface area contributed by atoms with Gasteiger partial charge < -0.3 is 19.3 Å². The molecule has 0 spiro atoms. The van der Waals surface area contributed by atoms with E-state index in [0.29, 0.717) is 30.1 Å². The number of likely N-dealkylation sites (tertiary alicyclic amines) is 1. The number of rotatable bonds is 13. The van der Waals surface area contributed by atoms with Crippen molar-refractivity contribution >= 4 is 16.9 Å². The Balaban J connectivity index is 1.32. The molecule has 1 aliphatic rings. The van der Waals surface area contributed by atoms with Gasteiger partial charge in [0.1, 0.15) is 17.7 Å². The van der Waals surface area contributed by atoms with Crippen molar-refractivity contribution in [2.24, 2.45) is 18.9 Å². The summed E-state index contributed by atoms with van der Waals surface area (Å²) in [6.07, 6.45) is 10.5. The zero-order chi connectivity index (χ0) is 26.2. The first kappa shape index (κ1) is 27.0. The Labute approximate surface area is 218 Å². The van der Waals surface area contributed by atoms with Crippen LogP contribution >= 0.6 is 0 Å². The van der Waals surface area contributed by atoms with Gasteiger partial charge in [-0.05, 0) is 93.3 Å². The minimum absolute atomic E-state index is 0.169. The van der Waals surface area contributed by atoms with Gasteiger partial charge in [-0.2, -0.15) is 0 Å². The second-order valence-electron chi connectivity index (χ2n) is 10.3. The summed E-state index contributed by atoms with van der Waals surface area (Å²) >= 11 is 0. The molecule has 1 aliphatic heterocycles. The lowest BCUT2D eigenvalue weighted by atomic mass is 9.79. The number of aromatic nitrogens is 3. The SMILES string of the molecule is COc1ccc2nccc([C@H](F)CC[C@@H]3CCN(CCCCc4nccn4C)C[C@H]3CCC(=O)O)c2c1. The number of fused-ring (bicyclic) bond motifs is 1. The number of unbranched alkanes of at least 4 members (excludes halogenated alkanes) is 1. The molecule has 0 saturated carbocycles. The first-order valence-corrected chi connectivity index (χ1v) is 13.4. The number of hydrogen-bond donors (Lipinski definition) is 1. The first-order chi connectivity index (χ1) is 17.9. The number of carboxylic acids is 1. The van der Waals surface area contributed by atoms with Crippen LogP contribution in [0.2, 0.25) is 0 Å². The van der Waals surface area contributed by atoms with E-state index in [-0.39, 0.29) is 12.3 Å². The normalized spacial score (nSPS) is 19.2. The lowest BCUT2D eigenvalue weighted by Crippen LogP contribution is -2.41. The highest BCUT2D eigenvalue weighted by molar-refractivity contribution is 5.83. The number of methoxy groups -OCH3 is 1. The van der Waals surface area contributed by atoms with Crippen molar-refractivity contribution in [3.8, 4) is 5.75 Å². The molecule has 0 aliphatic carbocycles. The van der Waals surface area contributed by atoms with E-state index in [1.54, 1.807) is 19.4 Å². The molecule has 1 aromatic carbocycles. The summed E-state index contributed by atoms with van der Waals surface area (Å²) in [5.74, 6) is 1.66. The monoisotopic (exact) mass is 510 g/mol. The number of ether oxygens (including phenoxy) is 1. The van der Waals surface area contributed by atoms with E-state index in [1.165, 1.54) is 0 Å². The lowest BCUT2D eigenvalue weighted by Gasteiger charge is -2.39. The predicted molar refractivity (Wildman–Crippen MR) is 142 cm³/mol. The van der Waals surface area contributed by atoms with Crippen molar-refractivity contribution in [1.29, 1.82) is 0 Å². The molecule has 37 heavy (non-hydrogen) atoms. The standard InChI is InChI=1S/C29H39FN4O3/c1-33-18-15-32-28(33)5-3-4-16-34-17-13-21(22(20-34)7-11-29(35)36)6-9-26(30)24-12-14-31-27-10-8-23(37-2)19-25(24)27/h8,10,12,14-15,18-19,21-22,26H,3-7,9,11,13,16-17,20H2,1-2H3,(H,35,36)/t21-,22-,26-/m1/s1. The van der Waals surface area contributed by atoms with Gasteiger partial charge in [0, 0.05) is 50.4 Å². The quantitative estimate of drug-likeness (QED) is 0.302. The lowest BCUT2D eigenvalue weighted by molar-refractivity contribution is -0.137. The van der Waals surface area contributed by atoms with Crippen molar-refractivity contribution < 1.29 is 19.0 Å². The number of benzene rings is 1. The van der Waals surface area contributed by atoms with Gasteiger partial charge in [0.05, 0.1) is 12.6 Å². The molecule has 200 valence electrons. The van der Waals surface area contributed by atoms with Crippen LogP contribution in [0, 0.1) is 11.8 Å². The van der Waals surface area contributed by atoms with Crippen LogP contribution in [0.4, 0.5) is 4.39 Å². The number of alkyl halides is 1. The van der Waals surface area contributed by atoms with E-state index < -0.39 is 12.1 Å². The van der Waals surface area contributed by atoms with Crippen LogP contribution in [0.1, 0.15) is 62.5 Å².